The minimum absolute atomic E-state index is 0.185. The molecule has 0 saturated heterocycles. The van der Waals surface area contributed by atoms with E-state index in [1.165, 1.54) is 20.7 Å². The first kappa shape index (κ1) is 22.0. The second-order valence-corrected chi connectivity index (χ2v) is 15.4. The third-order valence-corrected chi connectivity index (χ3v) is 12.7. The Labute approximate surface area is 258 Å². The first-order chi connectivity index (χ1) is 22.5. The average molecular weight is 565 g/mol. The molecule has 0 aliphatic carbocycles. The van der Waals surface area contributed by atoms with E-state index in [0.29, 0.717) is 11.3 Å². The number of rotatable bonds is 7. The van der Waals surface area contributed by atoms with Crippen molar-refractivity contribution in [2.75, 3.05) is 5.32 Å². The van der Waals surface area contributed by atoms with Gasteiger partial charge in [-0.3, -0.25) is 0 Å². The first-order valence-corrected chi connectivity index (χ1v) is 16.3. The van der Waals surface area contributed by atoms with E-state index in [4.69, 9.17) is 6.85 Å². The quantitative estimate of drug-likeness (QED) is 0.154. The first-order valence-electron chi connectivity index (χ1n) is 16.8. The van der Waals surface area contributed by atoms with Gasteiger partial charge in [0.15, 0.2) is 8.07 Å². The highest BCUT2D eigenvalue weighted by molar-refractivity contribution is 7.19. The van der Waals surface area contributed by atoms with Gasteiger partial charge in [-0.15, -0.1) is 0 Å². The highest BCUT2D eigenvalue weighted by atomic mass is 28.3. The zero-order chi connectivity index (χ0) is 33.3. The summed E-state index contributed by atoms with van der Waals surface area (Å²) in [6.07, 6.45) is 0. The lowest BCUT2D eigenvalue weighted by Crippen LogP contribution is -2.74. The van der Waals surface area contributed by atoms with Gasteiger partial charge in [-0.1, -0.05) is 160 Å². The lowest BCUT2D eigenvalue weighted by molar-refractivity contribution is 0.590. The van der Waals surface area contributed by atoms with Gasteiger partial charge in [0, 0.05) is 16.9 Å². The summed E-state index contributed by atoms with van der Waals surface area (Å²) in [5.74, 6) is 0. The van der Waals surface area contributed by atoms with Gasteiger partial charge >= 0.3 is 0 Å². The Morgan fingerprint density at radius 3 is 1.50 bits per heavy atom. The Kier molecular flexibility index (Phi) is 6.12. The molecule has 0 heterocycles. The van der Waals surface area contributed by atoms with Crippen LogP contribution >= 0.6 is 0 Å². The maximum atomic E-state index is 8.72. The highest BCUT2D eigenvalue weighted by Crippen LogP contribution is 2.35. The van der Waals surface area contributed by atoms with E-state index in [2.05, 4.69) is 141 Å². The topological polar surface area (TPSA) is 12.0 Å². The van der Waals surface area contributed by atoms with E-state index in [1.807, 2.05) is 18.2 Å². The Bertz CT molecular complexity index is 1900. The molecule has 0 spiro atoms. The molecule has 206 valence electrons. The normalized spacial score (nSPS) is 13.4. The second-order valence-electron chi connectivity index (χ2n) is 11.6. The minimum atomic E-state index is -2.68. The van der Waals surface area contributed by atoms with Crippen LogP contribution in [0.3, 0.4) is 0 Å². The molecule has 6 rings (SSSR count). The summed E-state index contributed by atoms with van der Waals surface area (Å²) in [6.45, 7) is 6.30. The van der Waals surface area contributed by atoms with Crippen molar-refractivity contribution < 1.29 is 6.85 Å². The van der Waals surface area contributed by atoms with Crippen LogP contribution in [0.5, 0.6) is 0 Å². The van der Waals surface area contributed by atoms with E-state index in [0.717, 1.165) is 11.3 Å². The fourth-order valence-electron chi connectivity index (χ4n) is 5.73. The predicted octanol–water partition coefficient (Wildman–Crippen LogP) is 7.77. The lowest BCUT2D eigenvalue weighted by atomic mass is 9.85. The Balaban J connectivity index is 1.50. The molecule has 2 heteroatoms. The Morgan fingerprint density at radius 2 is 1.02 bits per heavy atom. The van der Waals surface area contributed by atoms with Crippen LogP contribution < -0.4 is 26.1 Å². The van der Waals surface area contributed by atoms with Crippen molar-refractivity contribution in [3.63, 3.8) is 0 Å². The monoisotopic (exact) mass is 564 g/mol. The summed E-state index contributed by atoms with van der Waals surface area (Å²) in [5, 5.41) is 8.64. The number of anilines is 2. The summed E-state index contributed by atoms with van der Waals surface area (Å²) < 4.78 is 42.2. The van der Waals surface area contributed by atoms with Crippen molar-refractivity contribution in [1.82, 2.24) is 0 Å². The number of hydrogen-bond acceptors (Lipinski definition) is 1. The molecule has 6 aromatic rings. The third kappa shape index (κ3) is 5.34. The fourth-order valence-corrected chi connectivity index (χ4v) is 10.5. The van der Waals surface area contributed by atoms with Gasteiger partial charge < -0.3 is 5.32 Å². The van der Waals surface area contributed by atoms with Crippen molar-refractivity contribution in [2.24, 2.45) is 0 Å². The molecule has 0 aromatic heterocycles. The molecule has 0 amide bonds. The molecule has 0 fully saturated rings. The van der Waals surface area contributed by atoms with E-state index in [-0.39, 0.29) is 35.1 Å². The van der Waals surface area contributed by atoms with Gasteiger partial charge in [-0.2, -0.15) is 0 Å². The number of hydrogen-bond donors (Lipinski definition) is 1. The SMILES string of the molecule is [2H]c1c([2H])c([2H])c(-c2cc(C(C)(C)C)ccc2Nc2ccc([Si](c3ccccc3)(c3ccccc3)c3ccccc3)cc2)c([2H])c1[2H]. The van der Waals surface area contributed by atoms with Crippen LogP contribution in [0.2, 0.25) is 0 Å². The van der Waals surface area contributed by atoms with Crippen LogP contribution in [0.4, 0.5) is 11.4 Å². The fraction of sp³-hybridized carbons (Fsp3) is 0.100. The van der Waals surface area contributed by atoms with Crippen molar-refractivity contribution >= 4 is 40.2 Å². The molecule has 1 N–H and O–H groups in total. The van der Waals surface area contributed by atoms with Crippen LogP contribution in [0.25, 0.3) is 11.1 Å². The smallest absolute Gasteiger partial charge is 0.179 e. The molecule has 0 bridgehead atoms. The molecule has 0 unspecified atom stereocenters. The summed E-state index contributed by atoms with van der Waals surface area (Å²) >= 11 is 0. The molecule has 42 heavy (non-hydrogen) atoms. The van der Waals surface area contributed by atoms with Gasteiger partial charge in [0.25, 0.3) is 0 Å². The maximum Gasteiger partial charge on any atom is 0.179 e. The minimum Gasteiger partial charge on any atom is -0.355 e. The maximum absolute atomic E-state index is 8.72. The summed E-state index contributed by atoms with van der Waals surface area (Å²) in [4.78, 5) is 0. The van der Waals surface area contributed by atoms with E-state index < -0.39 is 14.1 Å². The van der Waals surface area contributed by atoms with E-state index in [1.54, 1.807) is 0 Å². The number of benzene rings is 6. The molecule has 0 aliphatic heterocycles. The summed E-state index contributed by atoms with van der Waals surface area (Å²) in [7, 11) is -2.68. The van der Waals surface area contributed by atoms with Crippen LogP contribution in [-0.4, -0.2) is 8.07 Å². The molecule has 1 nitrogen and oxygen atoms in total. The van der Waals surface area contributed by atoms with Gasteiger partial charge in [0.1, 0.15) is 0 Å². The van der Waals surface area contributed by atoms with Crippen molar-refractivity contribution in [1.29, 1.82) is 0 Å². The van der Waals surface area contributed by atoms with Gasteiger partial charge in [-0.05, 0) is 61.6 Å². The van der Waals surface area contributed by atoms with Crippen LogP contribution in [0, 0.1) is 0 Å². The molecule has 6 aromatic carbocycles. The molecular weight excluding hydrogens is 523 g/mol. The molecule has 0 atom stereocenters. The summed E-state index contributed by atoms with van der Waals surface area (Å²) in [6, 6.07) is 45.2. The Hall–Kier alpha value is -4.66. The zero-order valence-corrected chi connectivity index (χ0v) is 25.2. The largest absolute Gasteiger partial charge is 0.355 e. The van der Waals surface area contributed by atoms with Crippen molar-refractivity contribution in [3.05, 3.63) is 169 Å². The van der Waals surface area contributed by atoms with Crippen molar-refractivity contribution in [2.45, 2.75) is 26.2 Å². The second kappa shape index (κ2) is 11.7. The standard InChI is InChI=1S/C40H37NSi/c1-40(2,3)32-24-29-39(38(30-32)31-16-8-4-9-17-31)41-33-25-27-37(28-26-33)42(34-18-10-5-11-19-34,35-20-12-6-13-21-35)36-22-14-7-15-23-36/h4-30,41H,1-3H3/i4D,8D,9D,16D,17D. The number of nitrogens with one attached hydrogen (secondary N) is 1. The van der Waals surface area contributed by atoms with Crippen molar-refractivity contribution in [3.8, 4) is 11.1 Å². The Morgan fingerprint density at radius 1 is 0.548 bits per heavy atom. The predicted molar refractivity (Wildman–Crippen MR) is 184 cm³/mol. The van der Waals surface area contributed by atoms with Crippen LogP contribution in [-0.2, 0) is 5.41 Å². The molecule has 0 aliphatic rings. The highest BCUT2D eigenvalue weighted by Gasteiger charge is 2.41. The zero-order valence-electron chi connectivity index (χ0n) is 29.2. The molecule has 0 radical (unpaired) electrons. The van der Waals surface area contributed by atoms with Gasteiger partial charge in [0.05, 0.1) is 6.85 Å². The third-order valence-electron chi connectivity index (χ3n) is 7.87. The average Bonchev–Trinajstić information content (AvgIpc) is 3.09. The van der Waals surface area contributed by atoms with Crippen LogP contribution in [0.15, 0.2) is 164 Å². The molecular formula is C40H37NSi. The van der Waals surface area contributed by atoms with Gasteiger partial charge in [-0.25, -0.2) is 0 Å². The lowest BCUT2D eigenvalue weighted by Gasteiger charge is -2.34. The van der Waals surface area contributed by atoms with E-state index in [9.17, 15) is 0 Å². The van der Waals surface area contributed by atoms with Gasteiger partial charge in [0.2, 0.25) is 0 Å². The summed E-state index contributed by atoms with van der Waals surface area (Å²) in [5.41, 5.74) is 3.06. The molecule has 0 saturated carbocycles. The van der Waals surface area contributed by atoms with E-state index >= 15 is 0 Å². The van der Waals surface area contributed by atoms with Crippen LogP contribution in [0.1, 0.15) is 33.2 Å².